The molecule has 0 fully saturated rings. The molecule has 0 aliphatic rings. The Balaban J connectivity index is 2.21. The normalized spacial score (nSPS) is 10.1. The fraction of sp³-hybridized carbons (Fsp3) is 0.462. The first-order valence-electron chi connectivity index (χ1n) is 6.13. The van der Waals surface area contributed by atoms with E-state index in [9.17, 15) is 9.90 Å². The van der Waals surface area contributed by atoms with E-state index in [1.54, 1.807) is 12.1 Å². The van der Waals surface area contributed by atoms with Crippen LogP contribution in [0.1, 0.15) is 25.7 Å². The summed E-state index contributed by atoms with van der Waals surface area (Å²) in [7, 11) is 1.99. The quantitative estimate of drug-likeness (QED) is 0.296. The van der Waals surface area contributed by atoms with E-state index >= 15 is 0 Å². The van der Waals surface area contributed by atoms with Gasteiger partial charge in [-0.1, -0.05) is 12.5 Å². The minimum absolute atomic E-state index is 0.115. The summed E-state index contributed by atoms with van der Waals surface area (Å²) in [6.07, 6.45) is 3.31. The molecular weight excluding hydrogens is 230 g/mol. The first kappa shape index (κ1) is 14.3. The fourth-order valence-electron chi connectivity index (χ4n) is 1.74. The smallest absolute Gasteiger partial charge is 0.233 e. The summed E-state index contributed by atoms with van der Waals surface area (Å²) in [5, 5.41) is 9.38. The van der Waals surface area contributed by atoms with Crippen molar-refractivity contribution >= 4 is 11.6 Å². The maximum Gasteiger partial charge on any atom is 0.233 e. The summed E-state index contributed by atoms with van der Waals surface area (Å²) in [5.74, 6) is 5.16. The van der Waals surface area contributed by atoms with Crippen LogP contribution < -0.4 is 16.2 Å². The summed E-state index contributed by atoms with van der Waals surface area (Å²) in [4.78, 5) is 13.0. The molecule has 0 radical (unpaired) electrons. The maximum atomic E-state index is 10.9. The number of phenols is 1. The van der Waals surface area contributed by atoms with Crippen LogP contribution >= 0.6 is 0 Å². The van der Waals surface area contributed by atoms with E-state index in [1.807, 2.05) is 19.2 Å². The molecule has 1 rings (SSSR count). The third kappa shape index (κ3) is 5.05. The lowest BCUT2D eigenvalue weighted by Gasteiger charge is -2.19. The molecular formula is C13H21N3O2. The topological polar surface area (TPSA) is 78.6 Å². The zero-order valence-corrected chi connectivity index (χ0v) is 10.7. The number of hydrogen-bond donors (Lipinski definition) is 3. The molecule has 5 heteroatoms. The number of nitrogens with zero attached hydrogens (tertiary/aromatic N) is 1. The molecule has 0 aliphatic carbocycles. The molecule has 0 unspecified atom stereocenters. The average Bonchev–Trinajstić information content (AvgIpc) is 2.37. The molecule has 5 nitrogen and oxygen atoms in total. The zero-order chi connectivity index (χ0) is 13.4. The maximum absolute atomic E-state index is 10.9. The predicted molar refractivity (Wildman–Crippen MR) is 72.2 cm³/mol. The Morgan fingerprint density at radius 1 is 1.39 bits per heavy atom. The number of phenolic OH excluding ortho intramolecular Hbond substituents is 1. The number of carbonyl (C=O) groups excluding carboxylic acids is 1. The molecule has 4 N–H and O–H groups in total. The number of rotatable bonds is 7. The van der Waals surface area contributed by atoms with Crippen LogP contribution in [0.25, 0.3) is 0 Å². The van der Waals surface area contributed by atoms with E-state index in [-0.39, 0.29) is 11.7 Å². The van der Waals surface area contributed by atoms with Crippen molar-refractivity contribution < 1.29 is 9.90 Å². The molecule has 1 amide bonds. The molecule has 0 atom stereocenters. The summed E-state index contributed by atoms with van der Waals surface area (Å²) in [6.45, 7) is 0.897. The Morgan fingerprint density at radius 2 is 2.17 bits per heavy atom. The Bertz CT molecular complexity index is 382. The van der Waals surface area contributed by atoms with Gasteiger partial charge in [0.05, 0.1) is 0 Å². The van der Waals surface area contributed by atoms with Crippen molar-refractivity contribution in [3.63, 3.8) is 0 Å². The van der Waals surface area contributed by atoms with Gasteiger partial charge in [0.2, 0.25) is 5.91 Å². The summed E-state index contributed by atoms with van der Waals surface area (Å²) < 4.78 is 0. The largest absolute Gasteiger partial charge is 0.508 e. The molecule has 100 valence electrons. The van der Waals surface area contributed by atoms with Gasteiger partial charge < -0.3 is 10.0 Å². The second-order valence-electron chi connectivity index (χ2n) is 4.32. The lowest BCUT2D eigenvalue weighted by Crippen LogP contribution is -2.29. The van der Waals surface area contributed by atoms with Gasteiger partial charge in [-0.05, 0) is 25.0 Å². The molecule has 0 spiro atoms. The Kier molecular flexibility index (Phi) is 6.00. The third-order valence-corrected chi connectivity index (χ3v) is 2.83. The number of amides is 1. The van der Waals surface area contributed by atoms with E-state index in [0.717, 1.165) is 31.5 Å². The average molecular weight is 251 g/mol. The van der Waals surface area contributed by atoms with Crippen molar-refractivity contribution in [2.45, 2.75) is 25.7 Å². The molecule has 0 bridgehead atoms. The molecule has 0 heterocycles. The lowest BCUT2D eigenvalue weighted by molar-refractivity contribution is -0.121. The van der Waals surface area contributed by atoms with Crippen molar-refractivity contribution in [3.05, 3.63) is 24.3 Å². The number of carbonyl (C=O) groups is 1. The van der Waals surface area contributed by atoms with Crippen LogP contribution in [0.3, 0.4) is 0 Å². The van der Waals surface area contributed by atoms with Gasteiger partial charge in [-0.2, -0.15) is 0 Å². The van der Waals surface area contributed by atoms with Gasteiger partial charge in [0, 0.05) is 31.8 Å². The minimum atomic E-state index is -0.115. The van der Waals surface area contributed by atoms with Crippen LogP contribution in [0.15, 0.2) is 24.3 Å². The highest BCUT2D eigenvalue weighted by atomic mass is 16.3. The fourth-order valence-corrected chi connectivity index (χ4v) is 1.74. The Morgan fingerprint density at radius 3 is 2.83 bits per heavy atom. The van der Waals surface area contributed by atoms with Gasteiger partial charge in [-0.25, -0.2) is 5.84 Å². The molecule has 1 aromatic rings. The highest BCUT2D eigenvalue weighted by Gasteiger charge is 2.02. The van der Waals surface area contributed by atoms with E-state index < -0.39 is 0 Å². The number of aromatic hydroxyl groups is 1. The van der Waals surface area contributed by atoms with E-state index in [0.29, 0.717) is 6.42 Å². The molecule has 18 heavy (non-hydrogen) atoms. The number of hydrazine groups is 1. The van der Waals surface area contributed by atoms with Gasteiger partial charge >= 0.3 is 0 Å². The van der Waals surface area contributed by atoms with Crippen LogP contribution in [0.2, 0.25) is 0 Å². The number of nitrogens with two attached hydrogens (primary N) is 1. The molecule has 1 aromatic carbocycles. The van der Waals surface area contributed by atoms with Gasteiger partial charge in [0.1, 0.15) is 5.75 Å². The summed E-state index contributed by atoms with van der Waals surface area (Å²) >= 11 is 0. The van der Waals surface area contributed by atoms with Crippen molar-refractivity contribution in [2.75, 3.05) is 18.5 Å². The molecule has 0 saturated heterocycles. The summed E-state index contributed by atoms with van der Waals surface area (Å²) in [5.41, 5.74) is 3.11. The molecule has 0 saturated carbocycles. The Labute approximate surface area is 108 Å². The van der Waals surface area contributed by atoms with Gasteiger partial charge in [0.25, 0.3) is 0 Å². The highest BCUT2D eigenvalue weighted by Crippen LogP contribution is 2.19. The predicted octanol–water partition coefficient (Wildman–Crippen LogP) is 1.38. The van der Waals surface area contributed by atoms with Crippen LogP contribution in [0, 0.1) is 0 Å². The van der Waals surface area contributed by atoms with Crippen molar-refractivity contribution in [2.24, 2.45) is 5.84 Å². The van der Waals surface area contributed by atoms with Crippen LogP contribution in [0.4, 0.5) is 5.69 Å². The molecule has 0 aromatic heterocycles. The van der Waals surface area contributed by atoms with Gasteiger partial charge in [-0.3, -0.25) is 10.2 Å². The van der Waals surface area contributed by atoms with Gasteiger partial charge in [0.15, 0.2) is 0 Å². The number of hydrogen-bond acceptors (Lipinski definition) is 4. The van der Waals surface area contributed by atoms with E-state index in [4.69, 9.17) is 5.84 Å². The van der Waals surface area contributed by atoms with Crippen molar-refractivity contribution in [1.29, 1.82) is 0 Å². The number of benzene rings is 1. The van der Waals surface area contributed by atoms with Crippen LogP contribution in [-0.4, -0.2) is 24.6 Å². The van der Waals surface area contributed by atoms with E-state index in [1.165, 1.54) is 0 Å². The van der Waals surface area contributed by atoms with Crippen LogP contribution in [-0.2, 0) is 4.79 Å². The summed E-state index contributed by atoms with van der Waals surface area (Å²) in [6, 6.07) is 7.18. The van der Waals surface area contributed by atoms with Crippen LogP contribution in [0.5, 0.6) is 5.75 Å². The minimum Gasteiger partial charge on any atom is -0.508 e. The first-order chi connectivity index (χ1) is 8.63. The number of unbranched alkanes of at least 4 members (excludes halogenated alkanes) is 2. The second kappa shape index (κ2) is 7.55. The lowest BCUT2D eigenvalue weighted by atomic mass is 10.2. The van der Waals surface area contributed by atoms with Crippen molar-refractivity contribution in [1.82, 2.24) is 5.43 Å². The van der Waals surface area contributed by atoms with E-state index in [2.05, 4.69) is 10.3 Å². The molecule has 0 aliphatic heterocycles. The monoisotopic (exact) mass is 251 g/mol. The number of anilines is 1. The first-order valence-corrected chi connectivity index (χ1v) is 6.13. The highest BCUT2D eigenvalue weighted by molar-refractivity contribution is 5.75. The van der Waals surface area contributed by atoms with Crippen molar-refractivity contribution in [3.8, 4) is 5.75 Å². The third-order valence-electron chi connectivity index (χ3n) is 2.83. The Hall–Kier alpha value is -1.75. The number of nitrogens with one attached hydrogen (secondary N) is 1. The second-order valence-corrected chi connectivity index (χ2v) is 4.32. The standard InChI is InChI=1S/C13H21N3O2/c1-16(11-6-5-7-12(17)10-11)9-4-2-3-8-13(18)15-14/h5-7,10,17H,2-4,8-9,14H2,1H3,(H,15,18). The SMILES string of the molecule is CN(CCCCCC(=O)NN)c1cccc(O)c1. The van der Waals surface area contributed by atoms with Gasteiger partial charge in [-0.15, -0.1) is 0 Å². The zero-order valence-electron chi connectivity index (χ0n) is 10.7.